The number of aromatic nitrogens is 2. The Balaban J connectivity index is 1.31. The maximum Gasteiger partial charge on any atom is 0.416 e. The summed E-state index contributed by atoms with van der Waals surface area (Å²) in [6.45, 7) is 3.15. The summed E-state index contributed by atoms with van der Waals surface area (Å²) in [5.74, 6) is -0.297. The van der Waals surface area contributed by atoms with Gasteiger partial charge in [0.05, 0.1) is 17.8 Å². The van der Waals surface area contributed by atoms with Crippen LogP contribution in [-0.4, -0.2) is 66.9 Å². The van der Waals surface area contributed by atoms with E-state index in [1.165, 1.54) is 21.9 Å². The van der Waals surface area contributed by atoms with Crippen molar-refractivity contribution in [3.8, 4) is 0 Å². The van der Waals surface area contributed by atoms with Gasteiger partial charge in [-0.2, -0.15) is 18.2 Å². The van der Waals surface area contributed by atoms with E-state index in [1.807, 2.05) is 19.0 Å². The number of carbonyl (C=O) groups is 3. The number of fused-ring (bicyclic) bond motifs is 1. The highest BCUT2D eigenvalue weighted by Crippen LogP contribution is 2.34. The average molecular weight is 647 g/mol. The number of nitrogens with one attached hydrogen (secondary N) is 3. The van der Waals surface area contributed by atoms with Crippen molar-refractivity contribution in [2.24, 2.45) is 0 Å². The fourth-order valence-electron chi connectivity index (χ4n) is 4.94. The van der Waals surface area contributed by atoms with Crippen LogP contribution in [0.2, 0.25) is 0 Å². The lowest BCUT2D eigenvalue weighted by atomic mass is 10.1. The molecule has 0 aliphatic carbocycles. The van der Waals surface area contributed by atoms with E-state index in [-0.39, 0.29) is 30.0 Å². The van der Waals surface area contributed by atoms with Gasteiger partial charge in [-0.3, -0.25) is 19.4 Å². The first-order chi connectivity index (χ1) is 22.3. The summed E-state index contributed by atoms with van der Waals surface area (Å²) in [6, 6.07) is 15.6. The SMILES string of the molecule is Cc1ccc(NC(=O)c2cccc(C(F)(F)F)c2)cc1N1Cc2cnc(Nc3cccc(C(=O)NCCN(C)C)c3)nc2N(C)C1=O. The molecule has 0 saturated carbocycles. The van der Waals surface area contributed by atoms with Gasteiger partial charge in [-0.1, -0.05) is 18.2 Å². The van der Waals surface area contributed by atoms with Gasteiger partial charge in [0.2, 0.25) is 5.95 Å². The number of likely N-dealkylation sites (N-methyl/N-ethyl adjacent to an activating group) is 1. The second kappa shape index (κ2) is 13.5. The average Bonchev–Trinajstić information content (AvgIpc) is 3.03. The van der Waals surface area contributed by atoms with Crippen molar-refractivity contribution in [3.05, 3.63) is 101 Å². The molecule has 0 atom stereocenters. The Morgan fingerprint density at radius 1 is 0.957 bits per heavy atom. The van der Waals surface area contributed by atoms with Crippen molar-refractivity contribution in [2.45, 2.75) is 19.6 Å². The van der Waals surface area contributed by atoms with E-state index in [4.69, 9.17) is 0 Å². The summed E-state index contributed by atoms with van der Waals surface area (Å²) in [6.07, 6.45) is -2.98. The van der Waals surface area contributed by atoms with Crippen molar-refractivity contribution in [1.82, 2.24) is 20.2 Å². The zero-order valence-corrected chi connectivity index (χ0v) is 26.1. The molecule has 2 heterocycles. The summed E-state index contributed by atoms with van der Waals surface area (Å²) in [4.78, 5) is 52.8. The van der Waals surface area contributed by atoms with Crippen LogP contribution < -0.4 is 25.8 Å². The first-order valence-electron chi connectivity index (χ1n) is 14.6. The number of rotatable bonds is 9. The fourth-order valence-corrected chi connectivity index (χ4v) is 4.94. The lowest BCUT2D eigenvalue weighted by molar-refractivity contribution is -0.137. The minimum atomic E-state index is -4.58. The number of aryl methyl sites for hydroxylation is 1. The van der Waals surface area contributed by atoms with Crippen molar-refractivity contribution in [2.75, 3.05) is 54.7 Å². The molecule has 0 radical (unpaired) electrons. The zero-order valence-electron chi connectivity index (χ0n) is 26.1. The molecule has 3 N–H and O–H groups in total. The summed E-state index contributed by atoms with van der Waals surface area (Å²) >= 11 is 0. The highest BCUT2D eigenvalue weighted by atomic mass is 19.4. The molecule has 0 spiro atoms. The van der Waals surface area contributed by atoms with E-state index in [2.05, 4.69) is 25.9 Å². The number of anilines is 5. The van der Waals surface area contributed by atoms with Gasteiger partial charge in [-0.05, 0) is 75.1 Å². The Labute approximate surface area is 269 Å². The highest BCUT2D eigenvalue weighted by molar-refractivity contribution is 6.07. The molecule has 0 saturated heterocycles. The topological polar surface area (TPSA) is 123 Å². The van der Waals surface area contributed by atoms with Crippen molar-refractivity contribution in [1.29, 1.82) is 0 Å². The Kier molecular flexibility index (Phi) is 9.42. The number of amides is 4. The molecule has 4 aromatic rings. The van der Waals surface area contributed by atoms with Crippen LogP contribution in [0.5, 0.6) is 0 Å². The minimum absolute atomic E-state index is 0.132. The Morgan fingerprint density at radius 3 is 2.40 bits per heavy atom. The van der Waals surface area contributed by atoms with Gasteiger partial charge in [0.25, 0.3) is 11.8 Å². The Bertz CT molecular complexity index is 1830. The molecular formula is C33H33F3N8O3. The first-order valence-corrected chi connectivity index (χ1v) is 14.6. The van der Waals surface area contributed by atoms with Gasteiger partial charge in [0.15, 0.2) is 0 Å². The molecule has 3 aromatic carbocycles. The van der Waals surface area contributed by atoms with Gasteiger partial charge in [0.1, 0.15) is 5.82 Å². The Morgan fingerprint density at radius 2 is 1.68 bits per heavy atom. The normalized spacial score (nSPS) is 13.0. The first kappa shape index (κ1) is 32.9. The zero-order chi connectivity index (χ0) is 33.9. The largest absolute Gasteiger partial charge is 0.416 e. The van der Waals surface area contributed by atoms with Gasteiger partial charge in [-0.15, -0.1) is 0 Å². The van der Waals surface area contributed by atoms with Crippen LogP contribution in [0.25, 0.3) is 0 Å². The summed E-state index contributed by atoms with van der Waals surface area (Å²) in [5.41, 5.74) is 2.18. The van der Waals surface area contributed by atoms with Crippen LogP contribution in [0, 0.1) is 6.92 Å². The number of carbonyl (C=O) groups excluding carboxylic acids is 3. The molecule has 4 amide bonds. The van der Waals surface area contributed by atoms with E-state index in [0.717, 1.165) is 17.7 Å². The minimum Gasteiger partial charge on any atom is -0.351 e. The van der Waals surface area contributed by atoms with Gasteiger partial charge in [-0.25, -0.2) is 9.78 Å². The molecule has 0 fully saturated rings. The van der Waals surface area contributed by atoms with Crippen molar-refractivity contribution < 1.29 is 27.6 Å². The van der Waals surface area contributed by atoms with Crippen LogP contribution in [-0.2, 0) is 12.7 Å². The number of nitrogens with zero attached hydrogens (tertiary/aromatic N) is 5. The molecule has 244 valence electrons. The molecule has 0 bridgehead atoms. The molecular weight excluding hydrogens is 613 g/mol. The number of alkyl halides is 3. The summed E-state index contributed by atoms with van der Waals surface area (Å²) in [7, 11) is 5.43. The molecule has 1 aliphatic rings. The third kappa shape index (κ3) is 7.66. The van der Waals surface area contributed by atoms with Crippen LogP contribution >= 0.6 is 0 Å². The standard InChI is InChI=1S/C33H33F3N8O3/c1-20-11-12-26(39-30(46)21-7-5-9-24(15-21)33(34,35)36)17-27(20)44-19-23-18-38-31(41-28(23)43(4)32(44)47)40-25-10-6-8-22(16-25)29(45)37-13-14-42(2)3/h5-12,15-18H,13-14,19H2,1-4H3,(H,37,45)(H,39,46)(H,38,40,41). The lowest BCUT2D eigenvalue weighted by Gasteiger charge is -2.35. The van der Waals surface area contributed by atoms with E-state index >= 15 is 0 Å². The predicted molar refractivity (Wildman–Crippen MR) is 173 cm³/mol. The summed E-state index contributed by atoms with van der Waals surface area (Å²) in [5, 5.41) is 8.60. The van der Waals surface area contributed by atoms with Crippen LogP contribution in [0.15, 0.2) is 72.9 Å². The molecule has 0 unspecified atom stereocenters. The van der Waals surface area contributed by atoms with Crippen LogP contribution in [0.1, 0.15) is 37.4 Å². The maximum absolute atomic E-state index is 13.6. The molecule has 11 nitrogen and oxygen atoms in total. The second-order valence-corrected chi connectivity index (χ2v) is 11.3. The molecule has 1 aromatic heterocycles. The second-order valence-electron chi connectivity index (χ2n) is 11.3. The van der Waals surface area contributed by atoms with E-state index in [1.54, 1.807) is 62.6 Å². The van der Waals surface area contributed by atoms with Crippen LogP contribution in [0.4, 0.5) is 46.8 Å². The van der Waals surface area contributed by atoms with Crippen molar-refractivity contribution >= 4 is 46.7 Å². The van der Waals surface area contributed by atoms with Gasteiger partial charge >= 0.3 is 12.2 Å². The highest BCUT2D eigenvalue weighted by Gasteiger charge is 2.32. The van der Waals surface area contributed by atoms with E-state index < -0.39 is 17.6 Å². The number of hydrogen-bond acceptors (Lipinski definition) is 7. The van der Waals surface area contributed by atoms with Crippen LogP contribution in [0.3, 0.4) is 0 Å². The summed E-state index contributed by atoms with van der Waals surface area (Å²) < 4.78 is 39.4. The fraction of sp³-hybridized carbons (Fsp3) is 0.242. The quantitative estimate of drug-likeness (QED) is 0.214. The third-order valence-corrected chi connectivity index (χ3v) is 7.44. The molecule has 14 heteroatoms. The van der Waals surface area contributed by atoms with E-state index in [9.17, 15) is 27.6 Å². The monoisotopic (exact) mass is 646 g/mol. The number of benzene rings is 3. The molecule has 47 heavy (non-hydrogen) atoms. The van der Waals surface area contributed by atoms with Gasteiger partial charge < -0.3 is 20.9 Å². The molecule has 1 aliphatic heterocycles. The Hall–Kier alpha value is -5.50. The number of halogens is 3. The smallest absolute Gasteiger partial charge is 0.351 e. The van der Waals surface area contributed by atoms with E-state index in [0.29, 0.717) is 47.1 Å². The number of hydrogen-bond donors (Lipinski definition) is 3. The molecule has 5 rings (SSSR count). The predicted octanol–water partition coefficient (Wildman–Crippen LogP) is 5.67. The lowest BCUT2D eigenvalue weighted by Crippen LogP contribution is -2.46. The third-order valence-electron chi connectivity index (χ3n) is 7.44. The van der Waals surface area contributed by atoms with Crippen molar-refractivity contribution in [3.63, 3.8) is 0 Å². The number of urea groups is 1. The maximum atomic E-state index is 13.6. The van der Waals surface area contributed by atoms with Gasteiger partial charge in [0, 0.05) is 54.4 Å².